The number of nitrogens with zero attached hydrogens (tertiary/aromatic N) is 1. The topological polar surface area (TPSA) is 78.5 Å². The van der Waals surface area contributed by atoms with Crippen molar-refractivity contribution in [3.05, 3.63) is 71.8 Å². The largest absolute Gasteiger partial charge is 0.508 e. The predicted octanol–water partition coefficient (Wildman–Crippen LogP) is 4.87. The summed E-state index contributed by atoms with van der Waals surface area (Å²) in [4.78, 5) is 0. The lowest BCUT2D eigenvalue weighted by molar-refractivity contribution is 0.443. The van der Waals surface area contributed by atoms with Crippen molar-refractivity contribution in [3.8, 4) is 22.8 Å². The molecule has 136 valence electrons. The minimum Gasteiger partial charge on any atom is -0.508 e. The molecule has 0 saturated heterocycles. The average Bonchev–Trinajstić information content (AvgIpc) is 3.09. The third-order valence-corrected chi connectivity index (χ3v) is 4.60. The molecule has 3 aromatic carbocycles. The number of aryl methyl sites for hydroxylation is 1. The standard InChI is InChI=1S/C22H20N2O3/c1-14-6-8-16(9-7-14)23-11-10-15-12-18(20(26)13-19(15)25)22-17-4-2-3-5-21(17)27-24-22/h2-9,12-13,23,25-26H,10-11H2,1H3. The van der Waals surface area contributed by atoms with Crippen molar-refractivity contribution in [1.82, 2.24) is 5.16 Å². The van der Waals surface area contributed by atoms with Crippen LogP contribution in [0.2, 0.25) is 0 Å². The van der Waals surface area contributed by atoms with E-state index in [9.17, 15) is 10.2 Å². The van der Waals surface area contributed by atoms with Gasteiger partial charge in [0.15, 0.2) is 5.58 Å². The Kier molecular flexibility index (Phi) is 4.42. The second-order valence-electron chi connectivity index (χ2n) is 6.57. The molecule has 0 aliphatic carbocycles. The molecular weight excluding hydrogens is 340 g/mol. The van der Waals surface area contributed by atoms with Crippen molar-refractivity contribution in [2.24, 2.45) is 0 Å². The smallest absolute Gasteiger partial charge is 0.167 e. The number of phenols is 2. The third-order valence-electron chi connectivity index (χ3n) is 4.60. The maximum Gasteiger partial charge on any atom is 0.167 e. The number of aromatic hydroxyl groups is 2. The second-order valence-corrected chi connectivity index (χ2v) is 6.57. The maximum absolute atomic E-state index is 10.3. The number of benzene rings is 3. The molecule has 1 aromatic heterocycles. The molecule has 3 N–H and O–H groups in total. The molecule has 0 atom stereocenters. The highest BCUT2D eigenvalue weighted by Crippen LogP contribution is 2.37. The minimum atomic E-state index is -0.0261. The van der Waals surface area contributed by atoms with Gasteiger partial charge in [0.2, 0.25) is 0 Å². The van der Waals surface area contributed by atoms with Crippen LogP contribution in [-0.2, 0) is 6.42 Å². The van der Waals surface area contributed by atoms with Gasteiger partial charge in [-0.05, 0) is 49.2 Å². The minimum absolute atomic E-state index is 0.0261. The van der Waals surface area contributed by atoms with Crippen molar-refractivity contribution in [2.45, 2.75) is 13.3 Å². The highest BCUT2D eigenvalue weighted by Gasteiger charge is 2.16. The summed E-state index contributed by atoms with van der Waals surface area (Å²) in [5.41, 5.74) is 4.73. The second kappa shape index (κ2) is 7.03. The van der Waals surface area contributed by atoms with E-state index >= 15 is 0 Å². The summed E-state index contributed by atoms with van der Waals surface area (Å²) in [7, 11) is 0. The number of fused-ring (bicyclic) bond motifs is 1. The highest BCUT2D eigenvalue weighted by atomic mass is 16.5. The van der Waals surface area contributed by atoms with Gasteiger partial charge in [-0.3, -0.25) is 0 Å². The molecule has 0 unspecified atom stereocenters. The molecule has 1 heterocycles. The van der Waals surface area contributed by atoms with Crippen LogP contribution in [-0.4, -0.2) is 21.9 Å². The number of para-hydroxylation sites is 1. The van der Waals surface area contributed by atoms with Crippen molar-refractivity contribution in [2.75, 3.05) is 11.9 Å². The lowest BCUT2D eigenvalue weighted by Gasteiger charge is -2.11. The number of hydrogen-bond acceptors (Lipinski definition) is 5. The first-order chi connectivity index (χ1) is 13.1. The van der Waals surface area contributed by atoms with Crippen molar-refractivity contribution >= 4 is 16.7 Å². The normalized spacial score (nSPS) is 11.0. The number of nitrogens with one attached hydrogen (secondary N) is 1. The monoisotopic (exact) mass is 360 g/mol. The number of anilines is 1. The molecule has 0 aliphatic heterocycles. The SMILES string of the molecule is Cc1ccc(NCCc2cc(-c3noc4ccccc34)c(O)cc2O)cc1. The van der Waals surface area contributed by atoms with Crippen LogP contribution in [0, 0.1) is 6.92 Å². The summed E-state index contributed by atoms with van der Waals surface area (Å²) >= 11 is 0. The summed E-state index contributed by atoms with van der Waals surface area (Å²) in [5, 5.41) is 28.8. The van der Waals surface area contributed by atoms with Gasteiger partial charge in [0.25, 0.3) is 0 Å². The lowest BCUT2D eigenvalue weighted by atomic mass is 10.0. The molecule has 4 rings (SSSR count). The molecule has 0 spiro atoms. The van der Waals surface area contributed by atoms with E-state index in [4.69, 9.17) is 4.52 Å². The van der Waals surface area contributed by atoms with Crippen molar-refractivity contribution in [3.63, 3.8) is 0 Å². The third kappa shape index (κ3) is 3.44. The van der Waals surface area contributed by atoms with Gasteiger partial charge in [-0.1, -0.05) is 35.0 Å². The summed E-state index contributed by atoms with van der Waals surface area (Å²) in [6.07, 6.45) is 0.600. The number of hydrogen-bond donors (Lipinski definition) is 3. The van der Waals surface area contributed by atoms with E-state index in [1.54, 1.807) is 6.07 Å². The molecule has 0 aliphatic rings. The van der Waals surface area contributed by atoms with Crippen LogP contribution in [0.3, 0.4) is 0 Å². The molecular formula is C22H20N2O3. The van der Waals surface area contributed by atoms with Crippen LogP contribution in [0.1, 0.15) is 11.1 Å². The van der Waals surface area contributed by atoms with Crippen LogP contribution in [0.25, 0.3) is 22.2 Å². The van der Waals surface area contributed by atoms with E-state index in [0.29, 0.717) is 29.8 Å². The Balaban J connectivity index is 1.58. The van der Waals surface area contributed by atoms with Gasteiger partial charge in [-0.15, -0.1) is 0 Å². The van der Waals surface area contributed by atoms with Gasteiger partial charge in [-0.25, -0.2) is 0 Å². The Morgan fingerprint density at radius 2 is 1.74 bits per heavy atom. The fourth-order valence-electron chi connectivity index (χ4n) is 3.11. The summed E-state index contributed by atoms with van der Waals surface area (Å²) in [6.45, 7) is 2.70. The predicted molar refractivity (Wildman–Crippen MR) is 106 cm³/mol. The molecule has 5 heteroatoms. The number of rotatable bonds is 5. The van der Waals surface area contributed by atoms with Gasteiger partial charge >= 0.3 is 0 Å². The fourth-order valence-corrected chi connectivity index (χ4v) is 3.11. The van der Waals surface area contributed by atoms with Crippen LogP contribution in [0.4, 0.5) is 5.69 Å². The molecule has 0 amide bonds. The first-order valence-corrected chi connectivity index (χ1v) is 8.82. The first kappa shape index (κ1) is 17.0. The molecule has 5 nitrogen and oxygen atoms in total. The summed E-state index contributed by atoms with van der Waals surface area (Å²) in [5.74, 6) is 0.0385. The fraction of sp³-hybridized carbons (Fsp3) is 0.136. The van der Waals surface area contributed by atoms with Gasteiger partial charge in [0.05, 0.1) is 0 Å². The number of phenolic OH excluding ortho intramolecular Hbond substituents is 2. The highest BCUT2D eigenvalue weighted by molar-refractivity contribution is 5.93. The van der Waals surface area contributed by atoms with Crippen LogP contribution >= 0.6 is 0 Å². The Labute approximate surface area is 156 Å². The Morgan fingerprint density at radius 1 is 0.963 bits per heavy atom. The zero-order valence-electron chi connectivity index (χ0n) is 14.9. The van der Waals surface area contributed by atoms with E-state index in [1.807, 2.05) is 55.5 Å². The average molecular weight is 360 g/mol. The van der Waals surface area contributed by atoms with Crippen LogP contribution < -0.4 is 5.32 Å². The summed E-state index contributed by atoms with van der Waals surface area (Å²) < 4.78 is 5.34. The van der Waals surface area contributed by atoms with E-state index in [-0.39, 0.29) is 11.5 Å². The van der Waals surface area contributed by atoms with Crippen molar-refractivity contribution < 1.29 is 14.7 Å². The molecule has 0 bridgehead atoms. The van der Waals surface area contributed by atoms with Gasteiger partial charge in [0, 0.05) is 29.2 Å². The van der Waals surface area contributed by atoms with Gasteiger partial charge < -0.3 is 20.1 Å². The molecule has 0 radical (unpaired) electrons. The number of aromatic nitrogens is 1. The Hall–Kier alpha value is -3.47. The summed E-state index contributed by atoms with van der Waals surface area (Å²) in [6, 6.07) is 18.8. The zero-order valence-corrected chi connectivity index (χ0v) is 14.9. The quantitative estimate of drug-likeness (QED) is 0.473. The Bertz CT molecular complexity index is 1080. The van der Waals surface area contributed by atoms with Crippen LogP contribution in [0.5, 0.6) is 11.5 Å². The molecule has 27 heavy (non-hydrogen) atoms. The molecule has 4 aromatic rings. The van der Waals surface area contributed by atoms with E-state index in [1.165, 1.54) is 11.6 Å². The zero-order chi connectivity index (χ0) is 18.8. The Morgan fingerprint density at radius 3 is 2.56 bits per heavy atom. The van der Waals surface area contributed by atoms with E-state index < -0.39 is 0 Å². The van der Waals surface area contributed by atoms with Crippen molar-refractivity contribution in [1.29, 1.82) is 0 Å². The maximum atomic E-state index is 10.3. The van der Waals surface area contributed by atoms with Gasteiger partial charge in [0.1, 0.15) is 17.2 Å². The lowest BCUT2D eigenvalue weighted by Crippen LogP contribution is -2.05. The van der Waals surface area contributed by atoms with Crippen LogP contribution in [0.15, 0.2) is 65.2 Å². The first-order valence-electron chi connectivity index (χ1n) is 8.82. The molecule has 0 saturated carbocycles. The van der Waals surface area contributed by atoms with Gasteiger partial charge in [-0.2, -0.15) is 0 Å². The van der Waals surface area contributed by atoms with E-state index in [0.717, 1.165) is 16.6 Å². The van der Waals surface area contributed by atoms with E-state index in [2.05, 4.69) is 10.5 Å². The molecule has 0 fully saturated rings.